The van der Waals surface area contributed by atoms with Gasteiger partial charge in [0, 0.05) is 35.4 Å². The Morgan fingerprint density at radius 2 is 2.00 bits per heavy atom. The Kier molecular flexibility index (Phi) is 3.75. The summed E-state index contributed by atoms with van der Waals surface area (Å²) in [7, 11) is -0.697. The summed E-state index contributed by atoms with van der Waals surface area (Å²) in [6, 6.07) is 0.0188. The van der Waals surface area contributed by atoms with Crippen molar-refractivity contribution < 1.29 is 9.00 Å². The average Bonchev–Trinajstić information content (AvgIpc) is 2.30. The minimum atomic E-state index is -0.697. The minimum absolute atomic E-state index is 0.0188. The van der Waals surface area contributed by atoms with E-state index in [9.17, 15) is 9.00 Å². The van der Waals surface area contributed by atoms with Crippen LogP contribution in [0.1, 0.15) is 19.3 Å². The van der Waals surface area contributed by atoms with Gasteiger partial charge in [0.2, 0.25) is 5.91 Å². The second-order valence-electron chi connectivity index (χ2n) is 4.18. The first kappa shape index (κ1) is 11.1. The zero-order valence-electron chi connectivity index (χ0n) is 8.91. The molecular formula is C10H18N2O2S. The summed E-state index contributed by atoms with van der Waals surface area (Å²) in [6.45, 7) is 2.30. The van der Waals surface area contributed by atoms with Crippen molar-refractivity contribution in [2.24, 2.45) is 0 Å². The molecule has 2 aliphatic heterocycles. The van der Waals surface area contributed by atoms with Crippen LogP contribution in [0.4, 0.5) is 0 Å². The number of amides is 1. The van der Waals surface area contributed by atoms with Crippen LogP contribution in [0.15, 0.2) is 0 Å². The third-order valence-electron chi connectivity index (χ3n) is 3.10. The van der Waals surface area contributed by atoms with E-state index in [-0.39, 0.29) is 11.9 Å². The molecule has 2 aliphatic rings. The monoisotopic (exact) mass is 230 g/mol. The van der Waals surface area contributed by atoms with Gasteiger partial charge in [-0.25, -0.2) is 0 Å². The normalized spacial score (nSPS) is 29.1. The van der Waals surface area contributed by atoms with Crippen molar-refractivity contribution in [1.29, 1.82) is 0 Å². The van der Waals surface area contributed by atoms with Gasteiger partial charge in [-0.3, -0.25) is 9.00 Å². The number of nitrogens with one attached hydrogen (secondary N) is 1. The van der Waals surface area contributed by atoms with Crippen LogP contribution in [0.3, 0.4) is 0 Å². The third kappa shape index (κ3) is 2.78. The van der Waals surface area contributed by atoms with E-state index in [1.165, 1.54) is 6.42 Å². The van der Waals surface area contributed by atoms with E-state index in [1.54, 1.807) is 0 Å². The van der Waals surface area contributed by atoms with E-state index in [2.05, 4.69) is 5.32 Å². The van der Waals surface area contributed by atoms with Crippen molar-refractivity contribution in [2.45, 2.75) is 25.3 Å². The zero-order valence-corrected chi connectivity index (χ0v) is 9.72. The number of carbonyl (C=O) groups is 1. The third-order valence-corrected chi connectivity index (χ3v) is 4.37. The predicted molar refractivity (Wildman–Crippen MR) is 60.1 cm³/mol. The van der Waals surface area contributed by atoms with Crippen LogP contribution in [0, 0.1) is 0 Å². The van der Waals surface area contributed by atoms with Crippen LogP contribution < -0.4 is 5.32 Å². The number of hydrogen-bond acceptors (Lipinski definition) is 3. The van der Waals surface area contributed by atoms with Crippen molar-refractivity contribution in [3.63, 3.8) is 0 Å². The lowest BCUT2D eigenvalue weighted by atomic mass is 10.0. The summed E-state index contributed by atoms with van der Waals surface area (Å²) in [5.74, 6) is 1.52. The smallest absolute Gasteiger partial charge is 0.239 e. The molecule has 15 heavy (non-hydrogen) atoms. The molecule has 2 saturated heterocycles. The number of hydrogen-bond donors (Lipinski definition) is 1. The maximum absolute atomic E-state index is 12.0. The lowest BCUT2D eigenvalue weighted by Gasteiger charge is -2.32. The molecule has 2 rings (SSSR count). The lowest BCUT2D eigenvalue weighted by Crippen LogP contribution is -2.52. The molecule has 0 saturated carbocycles. The van der Waals surface area contributed by atoms with Gasteiger partial charge in [-0.2, -0.15) is 0 Å². The molecule has 1 atom stereocenters. The topological polar surface area (TPSA) is 49.4 Å². The Bertz CT molecular complexity index is 254. The number of carbonyl (C=O) groups excluding carboxylic acids is 1. The Balaban J connectivity index is 1.86. The summed E-state index contributed by atoms with van der Waals surface area (Å²) in [6.07, 6.45) is 3.27. The van der Waals surface area contributed by atoms with Gasteiger partial charge < -0.3 is 10.2 Å². The summed E-state index contributed by atoms with van der Waals surface area (Å²) in [5, 5.41) is 3.26. The maximum atomic E-state index is 12.0. The predicted octanol–water partition coefficient (Wildman–Crippen LogP) is -0.281. The first-order valence-corrected chi connectivity index (χ1v) is 7.13. The van der Waals surface area contributed by atoms with Gasteiger partial charge in [0.1, 0.15) is 0 Å². The zero-order chi connectivity index (χ0) is 10.7. The highest BCUT2D eigenvalue weighted by Gasteiger charge is 2.27. The quantitative estimate of drug-likeness (QED) is 0.674. The van der Waals surface area contributed by atoms with E-state index in [0.717, 1.165) is 19.4 Å². The summed E-state index contributed by atoms with van der Waals surface area (Å²) < 4.78 is 11.2. The number of rotatable bonds is 1. The van der Waals surface area contributed by atoms with Crippen molar-refractivity contribution in [3.05, 3.63) is 0 Å². The van der Waals surface area contributed by atoms with Gasteiger partial charge >= 0.3 is 0 Å². The van der Waals surface area contributed by atoms with E-state index < -0.39 is 10.8 Å². The molecule has 2 heterocycles. The summed E-state index contributed by atoms with van der Waals surface area (Å²) in [5.41, 5.74) is 0. The van der Waals surface area contributed by atoms with Crippen LogP contribution in [0.5, 0.6) is 0 Å². The standard InChI is InChI=1S/C10H18N2O2S/c13-10(9-3-1-2-4-11-9)12-5-7-15(14)8-6-12/h9,11H,1-8H2/t9-/m1/s1. The lowest BCUT2D eigenvalue weighted by molar-refractivity contribution is -0.133. The van der Waals surface area contributed by atoms with Crippen LogP contribution in [-0.4, -0.2) is 52.2 Å². The molecule has 0 spiro atoms. The van der Waals surface area contributed by atoms with Gasteiger partial charge in [0.25, 0.3) is 0 Å². The molecule has 0 bridgehead atoms. The van der Waals surface area contributed by atoms with Gasteiger partial charge in [-0.15, -0.1) is 0 Å². The van der Waals surface area contributed by atoms with Gasteiger partial charge in [-0.05, 0) is 19.4 Å². The highest BCUT2D eigenvalue weighted by atomic mass is 32.2. The van der Waals surface area contributed by atoms with E-state index in [4.69, 9.17) is 0 Å². The van der Waals surface area contributed by atoms with E-state index in [0.29, 0.717) is 24.6 Å². The van der Waals surface area contributed by atoms with Crippen LogP contribution in [0.25, 0.3) is 0 Å². The molecule has 4 nitrogen and oxygen atoms in total. The molecule has 1 amide bonds. The number of nitrogens with zero attached hydrogens (tertiary/aromatic N) is 1. The van der Waals surface area contributed by atoms with Crippen molar-refractivity contribution >= 4 is 16.7 Å². The fraction of sp³-hybridized carbons (Fsp3) is 0.900. The molecule has 1 N–H and O–H groups in total. The van der Waals surface area contributed by atoms with Gasteiger partial charge in [-0.1, -0.05) is 6.42 Å². The van der Waals surface area contributed by atoms with Crippen LogP contribution in [-0.2, 0) is 15.6 Å². The first-order valence-electron chi connectivity index (χ1n) is 5.64. The second-order valence-corrected chi connectivity index (χ2v) is 5.87. The first-order chi connectivity index (χ1) is 7.27. The highest BCUT2D eigenvalue weighted by molar-refractivity contribution is 7.85. The average molecular weight is 230 g/mol. The molecule has 2 fully saturated rings. The van der Waals surface area contributed by atoms with E-state index in [1.807, 2.05) is 4.90 Å². The molecule has 0 aromatic carbocycles. The van der Waals surface area contributed by atoms with Gasteiger partial charge in [0.05, 0.1) is 6.04 Å². The number of piperidine rings is 1. The fourth-order valence-electron chi connectivity index (χ4n) is 2.14. The summed E-state index contributed by atoms with van der Waals surface area (Å²) >= 11 is 0. The molecule has 0 unspecified atom stereocenters. The van der Waals surface area contributed by atoms with Crippen molar-refractivity contribution in [1.82, 2.24) is 10.2 Å². The molecule has 0 aromatic heterocycles. The Morgan fingerprint density at radius 3 is 2.60 bits per heavy atom. The second kappa shape index (κ2) is 5.07. The Hall–Kier alpha value is -0.420. The fourth-order valence-corrected chi connectivity index (χ4v) is 3.19. The molecule has 86 valence electrons. The van der Waals surface area contributed by atoms with Crippen molar-refractivity contribution in [3.8, 4) is 0 Å². The molecule has 0 aliphatic carbocycles. The Labute approximate surface area is 92.9 Å². The van der Waals surface area contributed by atoms with Crippen LogP contribution in [0.2, 0.25) is 0 Å². The Morgan fingerprint density at radius 1 is 1.27 bits per heavy atom. The van der Waals surface area contributed by atoms with Crippen molar-refractivity contribution in [2.75, 3.05) is 31.1 Å². The van der Waals surface area contributed by atoms with E-state index >= 15 is 0 Å². The molecule has 5 heteroatoms. The minimum Gasteiger partial charge on any atom is -0.340 e. The molecular weight excluding hydrogens is 212 g/mol. The maximum Gasteiger partial charge on any atom is 0.239 e. The molecule has 0 aromatic rings. The summed E-state index contributed by atoms with van der Waals surface area (Å²) in [4.78, 5) is 13.9. The van der Waals surface area contributed by atoms with Gasteiger partial charge in [0.15, 0.2) is 0 Å². The molecule has 0 radical (unpaired) electrons. The largest absolute Gasteiger partial charge is 0.340 e. The van der Waals surface area contributed by atoms with Crippen LogP contribution >= 0.6 is 0 Å². The SMILES string of the molecule is O=C([C@H]1CCCCN1)N1CCS(=O)CC1. The highest BCUT2D eigenvalue weighted by Crippen LogP contribution is 2.11.